The largest absolute Gasteiger partial charge is 0.414 e. The first-order valence-corrected chi connectivity index (χ1v) is 15.8. The number of fused-ring (bicyclic) bond motifs is 1. The summed E-state index contributed by atoms with van der Waals surface area (Å²) in [4.78, 5) is 35.9. The number of nitrogens with zero attached hydrogens (tertiary/aromatic N) is 3. The number of carbonyl (C=O) groups is 1. The molecule has 1 amide bonds. The molecule has 2 aromatic rings. The molecule has 10 nitrogen and oxygen atoms in total. The van der Waals surface area contributed by atoms with E-state index in [2.05, 4.69) is 54.1 Å². The number of thioether (sulfide) groups is 1. The third kappa shape index (κ3) is 5.90. The summed E-state index contributed by atoms with van der Waals surface area (Å²) in [6.45, 7) is 15.0. The Balaban J connectivity index is 1.85. The van der Waals surface area contributed by atoms with E-state index < -0.39 is 20.1 Å². The van der Waals surface area contributed by atoms with E-state index in [1.807, 2.05) is 6.26 Å². The summed E-state index contributed by atoms with van der Waals surface area (Å²) in [6.07, 6.45) is 3.26. The Hall–Kier alpha value is -1.73. The van der Waals surface area contributed by atoms with Gasteiger partial charge in [0.25, 0.3) is 5.56 Å². The van der Waals surface area contributed by atoms with Gasteiger partial charge in [-0.15, -0.1) is 11.8 Å². The Morgan fingerprint density at radius 3 is 2.74 bits per heavy atom. The van der Waals surface area contributed by atoms with E-state index in [9.17, 15) is 9.59 Å². The number of imidazole rings is 1. The summed E-state index contributed by atoms with van der Waals surface area (Å²) in [7, 11) is -1.96. The first-order valence-electron chi connectivity index (χ1n) is 11.5. The molecular formula is C22H37N5O5SSi. The fraction of sp³-hybridized carbons (Fsp3) is 0.727. The minimum absolute atomic E-state index is 0.0863. The molecule has 2 N–H and O–H groups in total. The molecule has 1 saturated heterocycles. The lowest BCUT2D eigenvalue weighted by molar-refractivity contribution is -0.118. The van der Waals surface area contributed by atoms with Crippen molar-refractivity contribution < 1.29 is 18.7 Å². The molecule has 0 saturated carbocycles. The molecule has 0 aliphatic carbocycles. The standard InChI is InChI=1S/C22H37N5O5SSi/c1-13(2)19(28)25-21-24-18-17(20(29)26-21)23-11-27(18)16-9-14(30-12-33-6)15(32-16)10-31-34(7,8)22(3,4)5/h11,13-16H,9-10,12H2,1-8H3,(H2,24,25,26,28,29)/t14-,15-,16-/m0/s1. The van der Waals surface area contributed by atoms with Crippen molar-refractivity contribution in [2.45, 2.75) is 77.6 Å². The highest BCUT2D eigenvalue weighted by Crippen LogP contribution is 2.38. The van der Waals surface area contributed by atoms with Crippen LogP contribution in [0, 0.1) is 5.92 Å². The van der Waals surface area contributed by atoms with E-state index in [4.69, 9.17) is 13.9 Å². The Morgan fingerprint density at radius 1 is 1.41 bits per heavy atom. The SMILES string of the molecule is CSCO[C@H]1C[C@@H](n2cnc3c(=O)[nH]c(NC(=O)C(C)C)nc32)O[C@H]1CO[Si](C)(C)C(C)(C)C. The molecule has 3 atom stereocenters. The average molecular weight is 512 g/mol. The van der Waals surface area contributed by atoms with Gasteiger partial charge in [0, 0.05) is 12.3 Å². The zero-order valence-electron chi connectivity index (χ0n) is 21.3. The van der Waals surface area contributed by atoms with Crippen molar-refractivity contribution in [3.63, 3.8) is 0 Å². The van der Waals surface area contributed by atoms with Gasteiger partial charge in [0.15, 0.2) is 19.5 Å². The second-order valence-electron chi connectivity index (χ2n) is 10.4. The van der Waals surface area contributed by atoms with Crippen molar-refractivity contribution in [3.8, 4) is 0 Å². The van der Waals surface area contributed by atoms with Crippen LogP contribution in [-0.4, -0.2) is 64.8 Å². The normalized spacial score (nSPS) is 21.5. The van der Waals surface area contributed by atoms with E-state index in [1.165, 1.54) is 0 Å². The molecule has 0 spiro atoms. The van der Waals surface area contributed by atoms with Crippen LogP contribution < -0.4 is 10.9 Å². The molecule has 1 aliphatic rings. The zero-order chi connectivity index (χ0) is 25.3. The number of hydrogen-bond donors (Lipinski definition) is 2. The minimum Gasteiger partial charge on any atom is -0.414 e. The number of aromatic nitrogens is 4. The molecule has 0 aromatic carbocycles. The lowest BCUT2D eigenvalue weighted by Gasteiger charge is -2.37. The van der Waals surface area contributed by atoms with Gasteiger partial charge in [0.05, 0.1) is 25.0 Å². The topological polar surface area (TPSA) is 120 Å². The molecule has 34 heavy (non-hydrogen) atoms. The molecule has 1 aliphatic heterocycles. The molecule has 3 heterocycles. The lowest BCUT2D eigenvalue weighted by atomic mass is 10.2. The summed E-state index contributed by atoms with van der Waals surface area (Å²) in [6, 6.07) is 0. The van der Waals surface area contributed by atoms with Crippen molar-refractivity contribution in [1.82, 2.24) is 19.5 Å². The van der Waals surface area contributed by atoms with Crippen LogP contribution in [0.4, 0.5) is 5.95 Å². The molecule has 3 rings (SSSR count). The van der Waals surface area contributed by atoms with E-state index in [-0.39, 0.29) is 40.5 Å². The Morgan fingerprint density at radius 2 is 2.12 bits per heavy atom. The van der Waals surface area contributed by atoms with E-state index in [0.717, 1.165) is 0 Å². The molecule has 12 heteroatoms. The maximum atomic E-state index is 12.5. The van der Waals surface area contributed by atoms with Gasteiger partial charge < -0.3 is 13.9 Å². The van der Waals surface area contributed by atoms with Gasteiger partial charge in [-0.05, 0) is 24.4 Å². The summed E-state index contributed by atoms with van der Waals surface area (Å²) in [5.41, 5.74) is 0.116. The van der Waals surface area contributed by atoms with Gasteiger partial charge >= 0.3 is 0 Å². The first-order chi connectivity index (χ1) is 15.8. The second-order valence-corrected chi connectivity index (χ2v) is 16.1. The maximum absolute atomic E-state index is 12.5. The van der Waals surface area contributed by atoms with Crippen LogP contribution in [0.1, 0.15) is 47.3 Å². The smallest absolute Gasteiger partial charge is 0.280 e. The lowest BCUT2D eigenvalue weighted by Crippen LogP contribution is -2.44. The van der Waals surface area contributed by atoms with Crippen LogP contribution in [0.15, 0.2) is 11.1 Å². The fourth-order valence-electron chi connectivity index (χ4n) is 3.32. The number of H-pyrrole nitrogens is 1. The number of nitrogens with one attached hydrogen (secondary N) is 2. The fourth-order valence-corrected chi connectivity index (χ4v) is 4.64. The molecule has 1 fully saturated rings. The molecule has 0 radical (unpaired) electrons. The number of rotatable bonds is 9. The van der Waals surface area contributed by atoms with Gasteiger partial charge in [-0.25, -0.2) is 4.98 Å². The van der Waals surface area contributed by atoms with Crippen molar-refractivity contribution in [3.05, 3.63) is 16.7 Å². The highest BCUT2D eigenvalue weighted by Gasteiger charge is 2.42. The van der Waals surface area contributed by atoms with Crippen molar-refractivity contribution >= 4 is 43.1 Å². The van der Waals surface area contributed by atoms with Gasteiger partial charge in [-0.3, -0.25) is 24.5 Å². The summed E-state index contributed by atoms with van der Waals surface area (Å²) in [5.74, 6) is 0.147. The van der Waals surface area contributed by atoms with E-state index in [1.54, 1.807) is 36.5 Å². The Kier molecular flexibility index (Phi) is 8.28. The monoisotopic (exact) mass is 511 g/mol. The zero-order valence-corrected chi connectivity index (χ0v) is 23.1. The number of carbonyl (C=O) groups excluding carboxylic acids is 1. The average Bonchev–Trinajstić information content (AvgIpc) is 3.33. The quantitative estimate of drug-likeness (QED) is 0.386. The van der Waals surface area contributed by atoms with Gasteiger partial charge in [0.2, 0.25) is 11.9 Å². The van der Waals surface area contributed by atoms with Crippen molar-refractivity contribution in [2.75, 3.05) is 24.1 Å². The Bertz CT molecular complexity index is 1060. The van der Waals surface area contributed by atoms with Gasteiger partial charge in [0.1, 0.15) is 12.3 Å². The summed E-state index contributed by atoms with van der Waals surface area (Å²) >= 11 is 1.60. The van der Waals surface area contributed by atoms with Crippen LogP contribution in [0.5, 0.6) is 0 Å². The predicted octanol–water partition coefficient (Wildman–Crippen LogP) is 3.73. The third-order valence-electron chi connectivity index (χ3n) is 6.50. The highest BCUT2D eigenvalue weighted by molar-refractivity contribution is 7.98. The number of amides is 1. The van der Waals surface area contributed by atoms with Crippen LogP contribution in [0.25, 0.3) is 11.2 Å². The Labute approximate surface area is 205 Å². The highest BCUT2D eigenvalue weighted by atomic mass is 32.2. The summed E-state index contributed by atoms with van der Waals surface area (Å²) in [5, 5.41) is 2.73. The van der Waals surface area contributed by atoms with Gasteiger partial charge in [-0.1, -0.05) is 34.6 Å². The van der Waals surface area contributed by atoms with Crippen LogP contribution in [-0.2, 0) is 18.7 Å². The first kappa shape index (κ1) is 26.9. The van der Waals surface area contributed by atoms with Crippen LogP contribution in [0.2, 0.25) is 18.1 Å². The molecule has 0 bridgehead atoms. The van der Waals surface area contributed by atoms with Crippen LogP contribution >= 0.6 is 11.8 Å². The second kappa shape index (κ2) is 10.5. The summed E-state index contributed by atoms with van der Waals surface area (Å²) < 4.78 is 20.6. The maximum Gasteiger partial charge on any atom is 0.280 e. The number of ether oxygens (including phenoxy) is 2. The predicted molar refractivity (Wildman–Crippen MR) is 137 cm³/mol. The van der Waals surface area contributed by atoms with Crippen molar-refractivity contribution in [1.29, 1.82) is 0 Å². The van der Waals surface area contributed by atoms with E-state index >= 15 is 0 Å². The van der Waals surface area contributed by atoms with Crippen molar-refractivity contribution in [2.24, 2.45) is 5.92 Å². The molecular weight excluding hydrogens is 474 g/mol. The number of anilines is 1. The molecule has 190 valence electrons. The van der Waals surface area contributed by atoms with Crippen LogP contribution in [0.3, 0.4) is 0 Å². The minimum atomic E-state index is -1.96. The van der Waals surface area contributed by atoms with E-state index in [0.29, 0.717) is 24.6 Å². The number of hydrogen-bond acceptors (Lipinski definition) is 8. The number of aromatic amines is 1. The van der Waals surface area contributed by atoms with Gasteiger partial charge in [-0.2, -0.15) is 4.98 Å². The molecule has 0 unspecified atom stereocenters. The third-order valence-corrected chi connectivity index (χ3v) is 11.4. The molecule has 2 aromatic heterocycles.